The van der Waals surface area contributed by atoms with Crippen LogP contribution in [0.3, 0.4) is 0 Å². The van der Waals surface area contributed by atoms with E-state index in [1.807, 2.05) is 32.0 Å². The van der Waals surface area contributed by atoms with Gasteiger partial charge in [-0.25, -0.2) is 0 Å². The van der Waals surface area contributed by atoms with Crippen LogP contribution >= 0.6 is 0 Å². The summed E-state index contributed by atoms with van der Waals surface area (Å²) in [7, 11) is 0. The van der Waals surface area contributed by atoms with Gasteiger partial charge in [0.25, 0.3) is 0 Å². The molecule has 132 valence electrons. The van der Waals surface area contributed by atoms with Crippen molar-refractivity contribution in [3.05, 3.63) is 65.2 Å². The van der Waals surface area contributed by atoms with Gasteiger partial charge in [-0.15, -0.1) is 0 Å². The second-order valence-corrected chi connectivity index (χ2v) is 7.63. The lowest BCUT2D eigenvalue weighted by atomic mass is 9.85. The van der Waals surface area contributed by atoms with Crippen LogP contribution in [0.25, 0.3) is 0 Å². The Hall–Kier alpha value is -2.29. The quantitative estimate of drug-likeness (QED) is 0.813. The van der Waals surface area contributed by atoms with E-state index in [-0.39, 0.29) is 11.9 Å². The van der Waals surface area contributed by atoms with Crippen molar-refractivity contribution in [2.75, 3.05) is 0 Å². The van der Waals surface area contributed by atoms with Crippen molar-refractivity contribution in [3.63, 3.8) is 0 Å². The number of carbonyl (C=O) groups excluding carboxylic acids is 1. The fraction of sp³-hybridized carbons (Fsp3) is 0.409. The number of carbonyl (C=O) groups is 1. The summed E-state index contributed by atoms with van der Waals surface area (Å²) in [5, 5.41) is 13.2. The molecule has 1 aliphatic rings. The van der Waals surface area contributed by atoms with E-state index in [0.717, 1.165) is 43.2 Å². The minimum atomic E-state index is -0.394. The van der Waals surface area contributed by atoms with Gasteiger partial charge in [-0.1, -0.05) is 56.3 Å². The Morgan fingerprint density at radius 3 is 2.68 bits per heavy atom. The number of amides is 1. The number of hydrogen-bond acceptors (Lipinski definition) is 2. The molecule has 25 heavy (non-hydrogen) atoms. The molecule has 0 radical (unpaired) electrons. The average molecular weight is 337 g/mol. The number of fused-ring (bicyclic) bond motifs is 1. The lowest BCUT2D eigenvalue weighted by Gasteiger charge is -2.26. The zero-order chi connectivity index (χ0) is 17.9. The Morgan fingerprint density at radius 2 is 1.92 bits per heavy atom. The van der Waals surface area contributed by atoms with Gasteiger partial charge in [-0.2, -0.15) is 0 Å². The average Bonchev–Trinajstić information content (AvgIpc) is 3.00. The highest BCUT2D eigenvalue weighted by atomic mass is 16.3. The van der Waals surface area contributed by atoms with Crippen molar-refractivity contribution in [1.29, 1.82) is 0 Å². The van der Waals surface area contributed by atoms with Gasteiger partial charge in [0.2, 0.25) is 5.91 Å². The molecule has 0 heterocycles. The first-order chi connectivity index (χ1) is 12.0. The summed E-state index contributed by atoms with van der Waals surface area (Å²) in [6.45, 7) is 4.04. The lowest BCUT2D eigenvalue weighted by molar-refractivity contribution is -0.130. The summed E-state index contributed by atoms with van der Waals surface area (Å²) in [5.74, 6) is 0.443. The number of hydrogen-bond donors (Lipinski definition) is 2. The summed E-state index contributed by atoms with van der Waals surface area (Å²) < 4.78 is 0. The smallest absolute Gasteiger partial charge is 0.226 e. The van der Waals surface area contributed by atoms with Crippen molar-refractivity contribution in [3.8, 4) is 5.75 Å². The van der Waals surface area contributed by atoms with Crippen molar-refractivity contribution in [2.24, 2.45) is 5.41 Å². The van der Waals surface area contributed by atoms with Crippen LogP contribution in [0.5, 0.6) is 5.75 Å². The fourth-order valence-corrected chi connectivity index (χ4v) is 3.63. The molecule has 1 amide bonds. The van der Waals surface area contributed by atoms with Crippen LogP contribution in [0.2, 0.25) is 0 Å². The molecule has 1 unspecified atom stereocenters. The van der Waals surface area contributed by atoms with Gasteiger partial charge in [-0.05, 0) is 54.9 Å². The maximum absolute atomic E-state index is 12.8. The van der Waals surface area contributed by atoms with Crippen molar-refractivity contribution in [1.82, 2.24) is 5.32 Å². The Labute approximate surface area is 150 Å². The molecule has 3 heteroatoms. The van der Waals surface area contributed by atoms with Gasteiger partial charge >= 0.3 is 0 Å². The van der Waals surface area contributed by atoms with Gasteiger partial charge < -0.3 is 10.4 Å². The third-order valence-electron chi connectivity index (χ3n) is 5.28. The third-order valence-corrected chi connectivity index (χ3v) is 5.28. The third kappa shape index (κ3) is 4.04. The van der Waals surface area contributed by atoms with Crippen molar-refractivity contribution in [2.45, 2.75) is 52.0 Å². The number of aromatic hydroxyl groups is 1. The summed E-state index contributed by atoms with van der Waals surface area (Å²) >= 11 is 0. The maximum atomic E-state index is 12.8. The number of benzene rings is 2. The van der Waals surface area contributed by atoms with E-state index >= 15 is 0 Å². The normalized spacial score (nSPS) is 16.5. The molecule has 2 N–H and O–H groups in total. The molecule has 0 aliphatic heterocycles. The molecule has 2 aromatic carbocycles. The van der Waals surface area contributed by atoms with E-state index in [2.05, 4.69) is 29.6 Å². The molecule has 1 atom stereocenters. The second kappa shape index (κ2) is 7.30. The number of phenolic OH excluding ortho intramolecular Hbond substituents is 1. The van der Waals surface area contributed by atoms with Crippen LogP contribution in [0, 0.1) is 5.41 Å². The Morgan fingerprint density at radius 1 is 1.16 bits per heavy atom. The van der Waals surface area contributed by atoms with E-state index < -0.39 is 5.41 Å². The highest BCUT2D eigenvalue weighted by molar-refractivity contribution is 5.82. The Bertz CT molecular complexity index is 737. The molecular formula is C22H27NO2. The van der Waals surface area contributed by atoms with Crippen LogP contribution in [-0.2, 0) is 17.6 Å². The minimum Gasteiger partial charge on any atom is -0.508 e. The molecule has 0 spiro atoms. The molecule has 0 saturated carbocycles. The van der Waals surface area contributed by atoms with E-state index in [1.165, 1.54) is 5.56 Å². The summed E-state index contributed by atoms with van der Waals surface area (Å²) in [4.78, 5) is 12.8. The molecule has 0 aromatic heterocycles. The van der Waals surface area contributed by atoms with Crippen LogP contribution in [0.1, 0.15) is 55.8 Å². The number of aryl methyl sites for hydroxylation is 1. The first-order valence-corrected chi connectivity index (χ1v) is 9.13. The van der Waals surface area contributed by atoms with Gasteiger partial charge in [0, 0.05) is 5.41 Å². The molecule has 0 bridgehead atoms. The first kappa shape index (κ1) is 17.5. The number of nitrogens with one attached hydrogen (secondary N) is 1. The first-order valence-electron chi connectivity index (χ1n) is 9.13. The van der Waals surface area contributed by atoms with E-state index in [4.69, 9.17) is 0 Å². The number of phenols is 1. The predicted octanol–water partition coefficient (Wildman–Crippen LogP) is 4.54. The minimum absolute atomic E-state index is 0.0167. The molecule has 0 saturated heterocycles. The zero-order valence-corrected chi connectivity index (χ0v) is 15.1. The molecule has 3 nitrogen and oxygen atoms in total. The van der Waals surface area contributed by atoms with Crippen molar-refractivity contribution >= 4 is 5.91 Å². The van der Waals surface area contributed by atoms with Gasteiger partial charge in [0.05, 0.1) is 6.04 Å². The van der Waals surface area contributed by atoms with E-state index in [1.54, 1.807) is 6.07 Å². The highest BCUT2D eigenvalue weighted by Gasteiger charge is 2.32. The zero-order valence-electron chi connectivity index (χ0n) is 15.1. The second-order valence-electron chi connectivity index (χ2n) is 7.63. The predicted molar refractivity (Wildman–Crippen MR) is 100 cm³/mol. The van der Waals surface area contributed by atoms with Crippen LogP contribution in [0.15, 0.2) is 48.5 Å². The molecule has 1 aliphatic carbocycles. The fourth-order valence-electron chi connectivity index (χ4n) is 3.63. The summed E-state index contributed by atoms with van der Waals surface area (Å²) in [6.07, 6.45) is 4.53. The van der Waals surface area contributed by atoms with E-state index in [9.17, 15) is 9.90 Å². The monoisotopic (exact) mass is 337 g/mol. The standard InChI is InChI=1S/C22H27NO2/c1-22(2,15-7-10-16-8-4-3-5-9-16)21(25)23-19-14-13-18-17(19)11-6-12-20(18)24/h3-6,8-9,11-12,19,24H,7,10,13-15H2,1-2H3,(H,23,25). The summed E-state index contributed by atoms with van der Waals surface area (Å²) in [5.41, 5.74) is 2.97. The molecular weight excluding hydrogens is 310 g/mol. The van der Waals surface area contributed by atoms with Crippen LogP contribution in [-0.4, -0.2) is 11.0 Å². The topological polar surface area (TPSA) is 49.3 Å². The molecule has 3 rings (SSSR count). The SMILES string of the molecule is CC(C)(CCCc1ccccc1)C(=O)NC1CCc2c(O)cccc21. The van der Waals surface area contributed by atoms with Crippen molar-refractivity contribution < 1.29 is 9.90 Å². The van der Waals surface area contributed by atoms with Crippen LogP contribution < -0.4 is 5.32 Å². The van der Waals surface area contributed by atoms with Gasteiger partial charge in [0.1, 0.15) is 5.75 Å². The highest BCUT2D eigenvalue weighted by Crippen LogP contribution is 2.37. The molecule has 2 aromatic rings. The Balaban J connectivity index is 1.56. The maximum Gasteiger partial charge on any atom is 0.226 e. The van der Waals surface area contributed by atoms with Gasteiger partial charge in [-0.3, -0.25) is 4.79 Å². The molecule has 0 fully saturated rings. The van der Waals surface area contributed by atoms with Crippen LogP contribution in [0.4, 0.5) is 0 Å². The largest absolute Gasteiger partial charge is 0.508 e. The van der Waals surface area contributed by atoms with E-state index in [0.29, 0.717) is 5.75 Å². The Kier molecular flexibility index (Phi) is 5.12. The lowest BCUT2D eigenvalue weighted by Crippen LogP contribution is -2.38. The van der Waals surface area contributed by atoms with Gasteiger partial charge in [0.15, 0.2) is 0 Å². The summed E-state index contributed by atoms with van der Waals surface area (Å²) in [6, 6.07) is 16.0. The number of rotatable bonds is 6.